The zero-order valence-corrected chi connectivity index (χ0v) is 13.0. The first-order valence-electron chi connectivity index (χ1n) is 5.98. The van der Waals surface area contributed by atoms with E-state index in [1.807, 2.05) is 6.08 Å². The highest BCUT2D eigenvalue weighted by atomic mass is 127. The lowest BCUT2D eigenvalue weighted by atomic mass is 10.0. The second-order valence-electron chi connectivity index (χ2n) is 4.30. The molecule has 1 rings (SSSR count). The predicted octanol–water partition coefficient (Wildman–Crippen LogP) is 1.90. The molecular formula is C12H24IN3O. The van der Waals surface area contributed by atoms with Crippen molar-refractivity contribution in [2.24, 2.45) is 16.6 Å². The molecule has 0 spiro atoms. The van der Waals surface area contributed by atoms with Crippen LogP contribution in [0.4, 0.5) is 0 Å². The van der Waals surface area contributed by atoms with E-state index in [-0.39, 0.29) is 30.1 Å². The van der Waals surface area contributed by atoms with Gasteiger partial charge in [0.1, 0.15) is 0 Å². The molecule has 1 heterocycles. The number of ether oxygens (including phenoxy) is 1. The molecule has 1 saturated heterocycles. The van der Waals surface area contributed by atoms with Gasteiger partial charge in [-0.15, -0.1) is 30.6 Å². The Morgan fingerprint density at radius 3 is 3.00 bits per heavy atom. The van der Waals surface area contributed by atoms with Crippen LogP contribution in [0.1, 0.15) is 26.7 Å². The maximum Gasteiger partial charge on any atom is 0.188 e. The van der Waals surface area contributed by atoms with E-state index in [1.54, 1.807) is 0 Å². The molecule has 3 atom stereocenters. The molecule has 3 N–H and O–H groups in total. The van der Waals surface area contributed by atoms with Gasteiger partial charge in [-0.1, -0.05) is 13.0 Å². The number of guanidine groups is 1. The first-order chi connectivity index (χ1) is 7.67. The van der Waals surface area contributed by atoms with Gasteiger partial charge in [0, 0.05) is 25.1 Å². The largest absolute Gasteiger partial charge is 0.374 e. The Labute approximate surface area is 121 Å². The summed E-state index contributed by atoms with van der Waals surface area (Å²) in [4.78, 5) is 4.35. The minimum Gasteiger partial charge on any atom is -0.374 e. The Hall–Kier alpha value is -0.300. The molecule has 0 aromatic heterocycles. The van der Waals surface area contributed by atoms with Crippen molar-refractivity contribution in [1.82, 2.24) is 5.32 Å². The molecular weight excluding hydrogens is 329 g/mol. The fraction of sp³-hybridized carbons (Fsp3) is 0.750. The van der Waals surface area contributed by atoms with Gasteiger partial charge in [-0.3, -0.25) is 4.99 Å². The Morgan fingerprint density at radius 2 is 2.41 bits per heavy atom. The van der Waals surface area contributed by atoms with E-state index in [9.17, 15) is 0 Å². The van der Waals surface area contributed by atoms with Gasteiger partial charge in [-0.25, -0.2) is 0 Å². The van der Waals surface area contributed by atoms with Crippen LogP contribution >= 0.6 is 24.0 Å². The van der Waals surface area contributed by atoms with Gasteiger partial charge < -0.3 is 15.8 Å². The standard InChI is InChI=1S/C12H23N3O.HI/c1-4-9(3)15-12(13)14-8-10-6-7-16-11(10)5-2;/h5,9-11H,2,4,6-8H2,1,3H3,(H3,13,14,15);1H/t9?,10-,11-;/m0./s1. The lowest BCUT2D eigenvalue weighted by molar-refractivity contribution is 0.129. The summed E-state index contributed by atoms with van der Waals surface area (Å²) in [5.74, 6) is 0.957. The molecule has 0 saturated carbocycles. The van der Waals surface area contributed by atoms with E-state index in [4.69, 9.17) is 10.5 Å². The fourth-order valence-electron chi connectivity index (χ4n) is 1.73. The summed E-state index contributed by atoms with van der Waals surface area (Å²) in [7, 11) is 0. The van der Waals surface area contributed by atoms with Crippen molar-refractivity contribution < 1.29 is 4.74 Å². The van der Waals surface area contributed by atoms with Crippen molar-refractivity contribution in [2.75, 3.05) is 13.2 Å². The Morgan fingerprint density at radius 1 is 1.71 bits per heavy atom. The minimum atomic E-state index is 0. The van der Waals surface area contributed by atoms with Crippen LogP contribution < -0.4 is 11.1 Å². The summed E-state index contributed by atoms with van der Waals surface area (Å²) in [5, 5.41) is 3.15. The molecule has 0 amide bonds. The summed E-state index contributed by atoms with van der Waals surface area (Å²) < 4.78 is 5.50. The van der Waals surface area contributed by atoms with E-state index in [0.29, 0.717) is 24.5 Å². The third kappa shape index (κ3) is 5.72. The van der Waals surface area contributed by atoms with Crippen LogP contribution in [0.25, 0.3) is 0 Å². The van der Waals surface area contributed by atoms with Crippen molar-refractivity contribution in [1.29, 1.82) is 0 Å². The second-order valence-corrected chi connectivity index (χ2v) is 4.30. The number of hydrogen-bond acceptors (Lipinski definition) is 2. The zero-order valence-electron chi connectivity index (χ0n) is 10.7. The molecule has 1 aliphatic heterocycles. The Kier molecular flexibility index (Phi) is 8.59. The van der Waals surface area contributed by atoms with E-state index < -0.39 is 0 Å². The molecule has 5 heteroatoms. The van der Waals surface area contributed by atoms with Crippen molar-refractivity contribution in [2.45, 2.75) is 38.8 Å². The average molecular weight is 353 g/mol. The van der Waals surface area contributed by atoms with Crippen LogP contribution in [-0.4, -0.2) is 31.3 Å². The van der Waals surface area contributed by atoms with Gasteiger partial charge in [0.05, 0.1) is 6.10 Å². The first-order valence-corrected chi connectivity index (χ1v) is 5.98. The Balaban J connectivity index is 0.00000256. The van der Waals surface area contributed by atoms with Crippen LogP contribution in [0.3, 0.4) is 0 Å². The molecule has 0 aliphatic carbocycles. The number of nitrogens with two attached hydrogens (primary N) is 1. The van der Waals surface area contributed by atoms with E-state index in [2.05, 4.69) is 30.7 Å². The zero-order chi connectivity index (χ0) is 12.0. The average Bonchev–Trinajstić information content (AvgIpc) is 2.73. The molecule has 1 unspecified atom stereocenters. The van der Waals surface area contributed by atoms with Gasteiger partial charge >= 0.3 is 0 Å². The predicted molar refractivity (Wildman–Crippen MR) is 82.8 cm³/mol. The highest BCUT2D eigenvalue weighted by Gasteiger charge is 2.25. The number of aliphatic imine (C=N–C) groups is 1. The molecule has 0 radical (unpaired) electrons. The summed E-state index contributed by atoms with van der Waals surface area (Å²) in [5.41, 5.74) is 5.79. The third-order valence-corrected chi connectivity index (χ3v) is 3.00. The molecule has 0 aromatic carbocycles. The highest BCUT2D eigenvalue weighted by Crippen LogP contribution is 2.21. The molecule has 17 heavy (non-hydrogen) atoms. The third-order valence-electron chi connectivity index (χ3n) is 3.00. The molecule has 0 bridgehead atoms. The van der Waals surface area contributed by atoms with Crippen LogP contribution in [-0.2, 0) is 4.74 Å². The van der Waals surface area contributed by atoms with Crippen LogP contribution in [0, 0.1) is 5.92 Å². The lowest BCUT2D eigenvalue weighted by Crippen LogP contribution is -2.38. The van der Waals surface area contributed by atoms with Gasteiger partial charge in [-0.2, -0.15) is 0 Å². The van der Waals surface area contributed by atoms with E-state index in [1.165, 1.54) is 0 Å². The van der Waals surface area contributed by atoms with Crippen LogP contribution in [0.5, 0.6) is 0 Å². The smallest absolute Gasteiger partial charge is 0.188 e. The normalized spacial score (nSPS) is 26.1. The summed E-state index contributed by atoms with van der Waals surface area (Å²) >= 11 is 0. The van der Waals surface area contributed by atoms with Gasteiger partial charge in [0.2, 0.25) is 0 Å². The molecule has 100 valence electrons. The maximum absolute atomic E-state index is 5.79. The maximum atomic E-state index is 5.79. The Bertz CT molecular complexity index is 258. The van der Waals surface area contributed by atoms with Gasteiger partial charge in [0.15, 0.2) is 5.96 Å². The second kappa shape index (κ2) is 8.74. The van der Waals surface area contributed by atoms with E-state index in [0.717, 1.165) is 19.4 Å². The van der Waals surface area contributed by atoms with Crippen molar-refractivity contribution in [3.8, 4) is 0 Å². The first kappa shape index (κ1) is 16.7. The number of halogens is 1. The SMILES string of the molecule is C=C[C@@H]1OCC[C@H]1CN=C(N)NC(C)CC.I. The van der Waals surface area contributed by atoms with Gasteiger partial charge in [-0.05, 0) is 19.8 Å². The molecule has 1 fully saturated rings. The van der Waals surface area contributed by atoms with Crippen LogP contribution in [0.15, 0.2) is 17.6 Å². The number of hydrogen-bond donors (Lipinski definition) is 2. The number of nitrogens with one attached hydrogen (secondary N) is 1. The number of rotatable bonds is 5. The topological polar surface area (TPSA) is 59.6 Å². The van der Waals surface area contributed by atoms with Crippen molar-refractivity contribution in [3.63, 3.8) is 0 Å². The minimum absolute atomic E-state index is 0. The molecule has 1 aliphatic rings. The lowest BCUT2D eigenvalue weighted by Gasteiger charge is -2.14. The summed E-state index contributed by atoms with van der Waals surface area (Å²) in [6.07, 6.45) is 4.07. The van der Waals surface area contributed by atoms with Crippen molar-refractivity contribution >= 4 is 29.9 Å². The quantitative estimate of drug-likeness (QED) is 0.344. The highest BCUT2D eigenvalue weighted by molar-refractivity contribution is 14.0. The summed E-state index contributed by atoms with van der Waals surface area (Å²) in [6.45, 7) is 9.48. The van der Waals surface area contributed by atoms with Crippen LogP contribution in [0.2, 0.25) is 0 Å². The van der Waals surface area contributed by atoms with E-state index >= 15 is 0 Å². The van der Waals surface area contributed by atoms with Crippen molar-refractivity contribution in [3.05, 3.63) is 12.7 Å². The summed E-state index contributed by atoms with van der Waals surface area (Å²) in [6, 6.07) is 0.374. The number of nitrogens with zero attached hydrogens (tertiary/aromatic N) is 1. The fourth-order valence-corrected chi connectivity index (χ4v) is 1.73. The molecule has 4 nitrogen and oxygen atoms in total. The molecule has 0 aromatic rings. The monoisotopic (exact) mass is 353 g/mol. The van der Waals surface area contributed by atoms with Gasteiger partial charge in [0.25, 0.3) is 0 Å².